The summed E-state index contributed by atoms with van der Waals surface area (Å²) in [5.74, 6) is -5.99. The molecule has 0 amide bonds. The van der Waals surface area contributed by atoms with E-state index in [0.717, 1.165) is 13.8 Å². The molecular formula is C23H27F3O14S2. The first-order valence-electron chi connectivity index (χ1n) is 12.7. The average Bonchev–Trinajstić information content (AvgIpc) is 3.50. The number of hydrogen-bond acceptors (Lipinski definition) is 15. The summed E-state index contributed by atoms with van der Waals surface area (Å²) in [5, 5.41) is 43.8. The van der Waals surface area contributed by atoms with Gasteiger partial charge in [-0.1, -0.05) is 20.8 Å². The number of halogens is 3. The maximum Gasteiger partial charge on any atom is 0.523 e. The van der Waals surface area contributed by atoms with E-state index in [9.17, 15) is 56.4 Å². The molecule has 0 aromatic carbocycles. The van der Waals surface area contributed by atoms with Crippen molar-refractivity contribution in [3.05, 3.63) is 0 Å². The number of ether oxygens (including phenoxy) is 4. The number of aliphatic hydroxyl groups excluding tert-OH is 2. The van der Waals surface area contributed by atoms with E-state index in [-0.39, 0.29) is 11.8 Å². The number of rotatable bonds is 3. The van der Waals surface area contributed by atoms with Gasteiger partial charge in [-0.15, -0.1) is 0 Å². The number of carbonyl (C=O) groups excluding carboxylic acids is 3. The van der Waals surface area contributed by atoms with Crippen LogP contribution in [0.3, 0.4) is 0 Å². The Morgan fingerprint density at radius 1 is 1.05 bits per heavy atom. The quantitative estimate of drug-likeness (QED) is 0.123. The first-order valence-corrected chi connectivity index (χ1v) is 14.9. The zero-order valence-electron chi connectivity index (χ0n) is 22.4. The number of aliphatic hydroxyl groups is 4. The highest BCUT2D eigenvalue weighted by molar-refractivity contribution is 8.14. The second-order valence-corrected chi connectivity index (χ2v) is 15.6. The minimum atomic E-state index is -6.46. The maximum atomic E-state index is 13.9. The van der Waals surface area contributed by atoms with Crippen molar-refractivity contribution in [1.29, 1.82) is 0 Å². The predicted molar refractivity (Wildman–Crippen MR) is 125 cm³/mol. The molecule has 4 N–H and O–H groups in total. The molecule has 4 heterocycles. The van der Waals surface area contributed by atoms with Gasteiger partial charge in [0.1, 0.15) is 24.4 Å². The van der Waals surface area contributed by atoms with Crippen LogP contribution in [0, 0.1) is 28.1 Å². The fourth-order valence-electron chi connectivity index (χ4n) is 8.97. The predicted octanol–water partition coefficient (Wildman–Crippen LogP) is -1.13. The molecule has 6 fully saturated rings. The Kier molecular flexibility index (Phi) is 5.78. The molecular weight excluding hydrogens is 621 g/mol. The van der Waals surface area contributed by atoms with Gasteiger partial charge in [0, 0.05) is 12.8 Å². The number of carbonyl (C=O) groups is 3. The largest absolute Gasteiger partial charge is 0.523 e. The van der Waals surface area contributed by atoms with Crippen molar-refractivity contribution in [1.82, 2.24) is 0 Å². The average molecular weight is 649 g/mol. The molecule has 4 aliphatic heterocycles. The minimum Gasteiger partial charge on any atom is -0.456 e. The van der Waals surface area contributed by atoms with Crippen LogP contribution in [0.15, 0.2) is 0 Å². The van der Waals surface area contributed by atoms with Gasteiger partial charge in [-0.2, -0.15) is 21.6 Å². The molecule has 2 saturated carbocycles. The molecule has 13 atom stereocenters. The summed E-state index contributed by atoms with van der Waals surface area (Å²) in [6.45, 7) is 6.34. The van der Waals surface area contributed by atoms with Gasteiger partial charge < -0.3 is 39.4 Å². The summed E-state index contributed by atoms with van der Waals surface area (Å²) in [7, 11) is -6.46. The molecule has 0 radical (unpaired) electrons. The molecule has 6 aliphatic rings. The lowest BCUT2D eigenvalue weighted by molar-refractivity contribution is -0.271. The second-order valence-electron chi connectivity index (χ2n) is 12.7. The summed E-state index contributed by atoms with van der Waals surface area (Å²) in [5.41, 5.74) is -18.3. The van der Waals surface area contributed by atoms with Crippen LogP contribution >= 0.6 is 11.8 Å². The van der Waals surface area contributed by atoms with Crippen molar-refractivity contribution in [3.8, 4) is 0 Å². The highest BCUT2D eigenvalue weighted by Gasteiger charge is 3.05. The number of hydrogen-bond donors (Lipinski definition) is 4. The topological polar surface area (TPSA) is 212 Å². The Morgan fingerprint density at radius 3 is 2.17 bits per heavy atom. The van der Waals surface area contributed by atoms with Crippen LogP contribution in [-0.2, 0) is 47.6 Å². The Labute approximate surface area is 239 Å². The number of alkyl halides is 3. The van der Waals surface area contributed by atoms with E-state index < -0.39 is 114 Å². The van der Waals surface area contributed by atoms with Crippen molar-refractivity contribution in [2.75, 3.05) is 0 Å². The molecule has 0 aromatic rings. The minimum absolute atomic E-state index is 0.0491. The van der Waals surface area contributed by atoms with Crippen molar-refractivity contribution in [2.45, 2.75) is 93.3 Å². The molecule has 0 bridgehead atoms. The van der Waals surface area contributed by atoms with E-state index in [0.29, 0.717) is 0 Å². The third kappa shape index (κ3) is 2.81. The van der Waals surface area contributed by atoms with Gasteiger partial charge >= 0.3 is 27.6 Å². The van der Waals surface area contributed by atoms with E-state index in [2.05, 4.69) is 0 Å². The molecule has 19 heteroatoms. The fourth-order valence-corrected chi connectivity index (χ4v) is 10.4. The van der Waals surface area contributed by atoms with Crippen molar-refractivity contribution >= 4 is 38.9 Å². The molecule has 14 nitrogen and oxygen atoms in total. The van der Waals surface area contributed by atoms with Crippen LogP contribution in [0.25, 0.3) is 0 Å². The fraction of sp³-hybridized carbons (Fsp3) is 0.870. The Balaban J connectivity index is 1.71. The molecule has 2 aliphatic carbocycles. The SMILES string of the molecule is CC(=O)SC1(O)OC2O[C@@]34C(=O)OC5[C@H](OS(=O)(=O)C(F)(F)F)[C@@H](C(C)(C)C)C2([C@H]1O)C53[C@@H](O)C1OC(=O)[C@@H](C)[C@@]14O. The summed E-state index contributed by atoms with van der Waals surface area (Å²) in [4.78, 5) is 38.6. The molecule has 0 aromatic heterocycles. The number of fused-ring (bicyclic) bond motifs is 1. The van der Waals surface area contributed by atoms with Crippen LogP contribution in [0.5, 0.6) is 0 Å². The van der Waals surface area contributed by atoms with Gasteiger partial charge in [0.2, 0.25) is 5.60 Å². The molecule has 236 valence electrons. The van der Waals surface area contributed by atoms with E-state index in [1.54, 1.807) is 0 Å². The zero-order valence-corrected chi connectivity index (χ0v) is 24.1. The number of esters is 2. The van der Waals surface area contributed by atoms with Crippen molar-refractivity contribution < 1.29 is 79.5 Å². The van der Waals surface area contributed by atoms with Gasteiger partial charge in [-0.05, 0) is 24.1 Å². The monoisotopic (exact) mass is 648 g/mol. The van der Waals surface area contributed by atoms with Gasteiger partial charge in [-0.25, -0.2) is 4.79 Å². The first kappa shape index (κ1) is 30.4. The van der Waals surface area contributed by atoms with Gasteiger partial charge in [0.05, 0.1) is 16.7 Å². The van der Waals surface area contributed by atoms with Crippen LogP contribution < -0.4 is 0 Å². The van der Waals surface area contributed by atoms with Crippen LogP contribution in [0.4, 0.5) is 13.2 Å². The Morgan fingerprint density at radius 2 is 1.64 bits per heavy atom. The lowest BCUT2D eigenvalue weighted by atomic mass is 9.50. The highest BCUT2D eigenvalue weighted by Crippen LogP contribution is 2.86. The van der Waals surface area contributed by atoms with Crippen LogP contribution in [0.2, 0.25) is 0 Å². The number of thioether (sulfide) groups is 1. The molecule has 2 spiro atoms. The Hall–Kier alpha value is -1.58. The van der Waals surface area contributed by atoms with Gasteiger partial charge in [-0.3, -0.25) is 13.8 Å². The van der Waals surface area contributed by atoms with E-state index >= 15 is 0 Å². The van der Waals surface area contributed by atoms with Gasteiger partial charge in [0.25, 0.3) is 5.12 Å². The molecule has 6 rings (SSSR count). The Bertz CT molecular complexity index is 1420. The third-order valence-electron chi connectivity index (χ3n) is 9.91. The standard InChI is InChI=1S/C23H27F3O14S2/c1-6-13(29)36-12-10(28)19-11-8(40-42(34,35)23(24,25)26)9(17(3,4)5)18(19)14(30)22(33,41-7(2)27)39-16(18)38-21(19,15(31)37-11)20(6,12)32/h6,8-12,14,16,28,30,32-33H,1-5H3/t6-,8-,9+,10+,11?,12?,14-,16?,18?,19?,20-,21+,22?/m1/s1. The molecule has 42 heavy (non-hydrogen) atoms. The van der Waals surface area contributed by atoms with Crippen molar-refractivity contribution in [2.24, 2.45) is 28.1 Å². The van der Waals surface area contributed by atoms with Crippen molar-refractivity contribution in [3.63, 3.8) is 0 Å². The van der Waals surface area contributed by atoms with E-state index in [4.69, 9.17) is 23.1 Å². The van der Waals surface area contributed by atoms with Crippen LogP contribution in [-0.4, -0.2) is 105 Å². The summed E-state index contributed by atoms with van der Waals surface area (Å²) in [6, 6.07) is 0. The summed E-state index contributed by atoms with van der Waals surface area (Å²) in [6.07, 6.45) is -13.4. The molecule has 4 saturated heterocycles. The lowest BCUT2D eigenvalue weighted by Gasteiger charge is -2.49. The highest BCUT2D eigenvalue weighted by atomic mass is 32.2. The second kappa shape index (κ2) is 7.97. The van der Waals surface area contributed by atoms with E-state index in [1.807, 2.05) is 0 Å². The lowest BCUT2D eigenvalue weighted by Crippen LogP contribution is -2.68. The third-order valence-corrected chi connectivity index (χ3v) is 11.9. The van der Waals surface area contributed by atoms with E-state index in [1.165, 1.54) is 20.8 Å². The first-order chi connectivity index (χ1) is 18.9. The summed E-state index contributed by atoms with van der Waals surface area (Å²) < 4.78 is 93.0. The van der Waals surface area contributed by atoms with Crippen LogP contribution in [0.1, 0.15) is 34.6 Å². The smallest absolute Gasteiger partial charge is 0.456 e. The summed E-state index contributed by atoms with van der Waals surface area (Å²) >= 11 is 0.0491. The normalized spacial score (nSPS) is 52.6. The maximum absolute atomic E-state index is 13.9. The van der Waals surface area contributed by atoms with Gasteiger partial charge in [0.15, 0.2) is 23.1 Å². The molecule has 6 unspecified atom stereocenters. The zero-order chi connectivity index (χ0) is 31.6.